The molecule has 6 heteroatoms. The van der Waals surface area contributed by atoms with Crippen LogP contribution in [0.4, 0.5) is 0 Å². The third kappa shape index (κ3) is 4.87. The van der Waals surface area contributed by atoms with Gasteiger partial charge in [-0.15, -0.1) is 0 Å². The van der Waals surface area contributed by atoms with Crippen LogP contribution in [-0.4, -0.2) is 41.6 Å². The van der Waals surface area contributed by atoms with Gasteiger partial charge >= 0.3 is 0 Å². The molecule has 1 heterocycles. The highest BCUT2D eigenvalue weighted by molar-refractivity contribution is 9.10. The van der Waals surface area contributed by atoms with E-state index in [-0.39, 0.29) is 5.43 Å². The zero-order chi connectivity index (χ0) is 20.1. The summed E-state index contributed by atoms with van der Waals surface area (Å²) in [6.07, 6.45) is 1.86. The Bertz CT molecular complexity index is 1050. The van der Waals surface area contributed by atoms with Crippen LogP contribution in [0.15, 0.2) is 64.0 Å². The fraction of sp³-hybridized carbons (Fsp3) is 0.273. The van der Waals surface area contributed by atoms with Crippen LogP contribution >= 0.6 is 15.9 Å². The lowest BCUT2D eigenvalue weighted by molar-refractivity contribution is 0.191. The maximum Gasteiger partial charge on any atom is 0.189 e. The van der Waals surface area contributed by atoms with Crippen molar-refractivity contribution in [2.24, 2.45) is 0 Å². The fourth-order valence-electron chi connectivity index (χ4n) is 3.15. The van der Waals surface area contributed by atoms with E-state index in [1.807, 2.05) is 48.7 Å². The third-order valence-corrected chi connectivity index (χ3v) is 5.29. The number of halogens is 1. The van der Waals surface area contributed by atoms with E-state index in [0.29, 0.717) is 17.6 Å². The molecule has 0 fully saturated rings. The van der Waals surface area contributed by atoms with E-state index >= 15 is 0 Å². The maximum absolute atomic E-state index is 12.3. The van der Waals surface area contributed by atoms with Crippen molar-refractivity contribution in [3.63, 3.8) is 0 Å². The minimum Gasteiger partial charge on any atom is -0.333 e. The summed E-state index contributed by atoms with van der Waals surface area (Å²) >= 11 is 3.60. The van der Waals surface area contributed by atoms with Crippen molar-refractivity contribution in [2.75, 3.05) is 27.2 Å². The predicted octanol–water partition coefficient (Wildman–Crippen LogP) is 3.66. The minimum atomic E-state index is 0.0273. The summed E-state index contributed by atoms with van der Waals surface area (Å²) in [5.74, 6) is 0. The molecule has 0 bridgehead atoms. The molecule has 0 aliphatic rings. The third-order valence-electron chi connectivity index (χ3n) is 4.65. The Hall–Kier alpha value is -2.46. The van der Waals surface area contributed by atoms with E-state index in [4.69, 9.17) is 5.26 Å². The quantitative estimate of drug-likeness (QED) is 0.564. The van der Waals surface area contributed by atoms with Gasteiger partial charge in [0.1, 0.15) is 0 Å². The zero-order valence-electron chi connectivity index (χ0n) is 16.1. The average Bonchev–Trinajstić information content (AvgIpc) is 2.69. The van der Waals surface area contributed by atoms with Crippen LogP contribution in [0.3, 0.4) is 0 Å². The first-order chi connectivity index (χ1) is 13.5. The van der Waals surface area contributed by atoms with Crippen LogP contribution in [0.1, 0.15) is 11.1 Å². The van der Waals surface area contributed by atoms with Gasteiger partial charge in [0.25, 0.3) is 0 Å². The SMILES string of the molecule is CN(C)CCN(Cc1ccc(C#N)cc1)Cn1ccc(=O)c2cccc(Br)c21. The highest BCUT2D eigenvalue weighted by atomic mass is 79.9. The number of rotatable bonds is 7. The first-order valence-electron chi connectivity index (χ1n) is 9.12. The second-order valence-electron chi connectivity index (χ2n) is 7.09. The molecular formula is C22H23BrN4O. The molecule has 0 aliphatic heterocycles. The number of para-hydroxylation sites is 1. The molecule has 3 aromatic rings. The van der Waals surface area contributed by atoms with Gasteiger partial charge in [0.15, 0.2) is 5.43 Å². The van der Waals surface area contributed by atoms with Gasteiger partial charge in [-0.05, 0) is 59.9 Å². The van der Waals surface area contributed by atoms with Crippen molar-refractivity contribution in [3.8, 4) is 6.07 Å². The second-order valence-corrected chi connectivity index (χ2v) is 7.95. The van der Waals surface area contributed by atoms with Crippen LogP contribution < -0.4 is 5.43 Å². The molecule has 0 saturated heterocycles. The van der Waals surface area contributed by atoms with Crippen molar-refractivity contribution in [2.45, 2.75) is 13.2 Å². The van der Waals surface area contributed by atoms with Crippen molar-refractivity contribution >= 4 is 26.8 Å². The number of hydrogen-bond donors (Lipinski definition) is 0. The number of nitrogens with zero attached hydrogens (tertiary/aromatic N) is 4. The van der Waals surface area contributed by atoms with E-state index < -0.39 is 0 Å². The van der Waals surface area contributed by atoms with E-state index in [0.717, 1.165) is 35.2 Å². The molecule has 0 amide bonds. The first kappa shape index (κ1) is 20.3. The summed E-state index contributed by atoms with van der Waals surface area (Å²) in [6, 6.07) is 17.2. The van der Waals surface area contributed by atoms with Crippen molar-refractivity contribution in [3.05, 3.63) is 80.6 Å². The summed E-state index contributed by atoms with van der Waals surface area (Å²) in [5, 5.41) is 9.71. The normalized spacial score (nSPS) is 11.3. The smallest absolute Gasteiger partial charge is 0.189 e. The monoisotopic (exact) mass is 438 g/mol. The molecule has 0 atom stereocenters. The number of pyridine rings is 1. The summed E-state index contributed by atoms with van der Waals surface area (Å²) in [7, 11) is 4.12. The minimum absolute atomic E-state index is 0.0273. The maximum atomic E-state index is 12.3. The van der Waals surface area contributed by atoms with Crippen molar-refractivity contribution < 1.29 is 0 Å². The van der Waals surface area contributed by atoms with E-state index in [1.54, 1.807) is 6.07 Å². The van der Waals surface area contributed by atoms with Gasteiger partial charge < -0.3 is 9.47 Å². The number of aromatic nitrogens is 1. The van der Waals surface area contributed by atoms with Gasteiger partial charge in [-0.3, -0.25) is 9.69 Å². The predicted molar refractivity (Wildman–Crippen MR) is 116 cm³/mol. The van der Waals surface area contributed by atoms with E-state index in [9.17, 15) is 4.79 Å². The molecule has 144 valence electrons. The average molecular weight is 439 g/mol. The number of hydrogen-bond acceptors (Lipinski definition) is 4. The summed E-state index contributed by atoms with van der Waals surface area (Å²) in [5.41, 5.74) is 2.75. The Morgan fingerprint density at radius 1 is 1.07 bits per heavy atom. The Morgan fingerprint density at radius 3 is 2.50 bits per heavy atom. The largest absolute Gasteiger partial charge is 0.333 e. The Morgan fingerprint density at radius 2 is 1.82 bits per heavy atom. The molecule has 28 heavy (non-hydrogen) atoms. The van der Waals surface area contributed by atoms with Gasteiger partial charge in [-0.2, -0.15) is 5.26 Å². The summed E-state index contributed by atoms with van der Waals surface area (Å²) in [4.78, 5) is 16.8. The lowest BCUT2D eigenvalue weighted by atomic mass is 10.1. The van der Waals surface area contributed by atoms with Crippen LogP contribution in [-0.2, 0) is 13.2 Å². The summed E-state index contributed by atoms with van der Waals surface area (Å²) < 4.78 is 3.02. The van der Waals surface area contributed by atoms with Crippen LogP contribution in [0.2, 0.25) is 0 Å². The van der Waals surface area contributed by atoms with Crippen molar-refractivity contribution in [1.82, 2.24) is 14.4 Å². The Balaban J connectivity index is 1.91. The zero-order valence-corrected chi connectivity index (χ0v) is 17.7. The molecular weight excluding hydrogens is 416 g/mol. The van der Waals surface area contributed by atoms with Crippen molar-refractivity contribution in [1.29, 1.82) is 5.26 Å². The second kappa shape index (κ2) is 9.16. The van der Waals surface area contributed by atoms with Crippen LogP contribution in [0.5, 0.6) is 0 Å². The number of benzene rings is 2. The topological polar surface area (TPSA) is 52.3 Å². The molecule has 0 aliphatic carbocycles. The summed E-state index contributed by atoms with van der Waals surface area (Å²) in [6.45, 7) is 3.23. The lowest BCUT2D eigenvalue weighted by Gasteiger charge is -2.26. The number of nitriles is 1. The molecule has 0 saturated carbocycles. The van der Waals surface area contributed by atoms with Gasteiger partial charge in [-0.1, -0.05) is 18.2 Å². The molecule has 0 spiro atoms. The molecule has 5 nitrogen and oxygen atoms in total. The van der Waals surface area contributed by atoms with Gasteiger partial charge in [-0.25, -0.2) is 0 Å². The van der Waals surface area contributed by atoms with Gasteiger partial charge in [0, 0.05) is 41.8 Å². The Kier molecular flexibility index (Phi) is 6.63. The van der Waals surface area contributed by atoms with E-state index in [1.165, 1.54) is 0 Å². The van der Waals surface area contributed by atoms with E-state index in [2.05, 4.69) is 50.5 Å². The van der Waals surface area contributed by atoms with Crippen LogP contribution in [0.25, 0.3) is 10.9 Å². The Labute approximate surface area is 173 Å². The van der Waals surface area contributed by atoms with Gasteiger partial charge in [0.05, 0.1) is 23.8 Å². The molecule has 3 rings (SSSR count). The highest BCUT2D eigenvalue weighted by Gasteiger charge is 2.12. The molecule has 1 aromatic heterocycles. The van der Waals surface area contributed by atoms with Crippen LogP contribution in [0, 0.1) is 11.3 Å². The van der Waals surface area contributed by atoms with Gasteiger partial charge in [0.2, 0.25) is 0 Å². The molecule has 0 unspecified atom stereocenters. The number of likely N-dealkylation sites (N-methyl/N-ethyl adjacent to an activating group) is 1. The molecule has 0 N–H and O–H groups in total. The number of fused-ring (bicyclic) bond motifs is 1. The standard InChI is InChI=1S/C22H23BrN4O/c1-25(2)12-13-26(15-18-8-6-17(14-24)7-9-18)16-27-11-10-21(28)19-4-3-5-20(23)22(19)27/h3-11H,12-13,15-16H2,1-2H3. The lowest BCUT2D eigenvalue weighted by Crippen LogP contribution is -2.33. The molecule has 2 aromatic carbocycles. The fourth-order valence-corrected chi connectivity index (χ4v) is 3.74. The first-order valence-corrected chi connectivity index (χ1v) is 9.91. The molecule has 0 radical (unpaired) electrons. The highest BCUT2D eigenvalue weighted by Crippen LogP contribution is 2.22.